The van der Waals surface area contributed by atoms with Crippen LogP contribution in [0.2, 0.25) is 0 Å². The van der Waals surface area contributed by atoms with Crippen molar-refractivity contribution in [3.8, 4) is 0 Å². The van der Waals surface area contributed by atoms with Crippen LogP contribution in [0.25, 0.3) is 0 Å². The van der Waals surface area contributed by atoms with Crippen molar-refractivity contribution in [1.82, 2.24) is 0 Å². The van der Waals surface area contributed by atoms with Gasteiger partial charge in [-0.15, -0.1) is 0 Å². The van der Waals surface area contributed by atoms with Gasteiger partial charge in [0, 0.05) is 3.57 Å². The number of rotatable bonds is 1. The van der Waals surface area contributed by atoms with Crippen LogP contribution in [-0.4, -0.2) is 11.8 Å². The number of anilines is 1. The predicted octanol–water partition coefficient (Wildman–Crippen LogP) is 2.91. The van der Waals surface area contributed by atoms with E-state index >= 15 is 0 Å². The van der Waals surface area contributed by atoms with Gasteiger partial charge >= 0.3 is 0 Å². The van der Waals surface area contributed by atoms with Gasteiger partial charge in [-0.2, -0.15) is 0 Å². The summed E-state index contributed by atoms with van der Waals surface area (Å²) in [6.45, 7) is 1.96. The lowest BCUT2D eigenvalue weighted by molar-refractivity contribution is -0.123. The van der Waals surface area contributed by atoms with E-state index in [-0.39, 0.29) is 35.5 Å². The van der Waals surface area contributed by atoms with Gasteiger partial charge in [0.25, 0.3) is 0 Å². The lowest BCUT2D eigenvalue weighted by atomic mass is 9.85. The van der Waals surface area contributed by atoms with Crippen LogP contribution in [-0.2, 0) is 9.59 Å². The minimum Gasteiger partial charge on any atom is -0.274 e. The minimum absolute atomic E-state index is 0.00107. The molecular formula is C16H14INO2. The van der Waals surface area contributed by atoms with Gasteiger partial charge in [0.1, 0.15) is 0 Å². The molecule has 102 valence electrons. The van der Waals surface area contributed by atoms with E-state index in [2.05, 4.69) is 34.7 Å². The number of allylic oxidation sites excluding steroid dienone is 2. The number of aryl methyl sites for hydroxylation is 1. The second-order valence-corrected chi connectivity index (χ2v) is 7.19. The van der Waals surface area contributed by atoms with E-state index in [4.69, 9.17) is 0 Å². The minimum atomic E-state index is -0.115. The zero-order valence-electron chi connectivity index (χ0n) is 11.0. The molecule has 2 bridgehead atoms. The highest BCUT2D eigenvalue weighted by Gasteiger charge is 2.59. The van der Waals surface area contributed by atoms with Gasteiger partial charge in [-0.3, -0.25) is 9.59 Å². The molecule has 2 fully saturated rings. The summed E-state index contributed by atoms with van der Waals surface area (Å²) in [6, 6.07) is 5.85. The van der Waals surface area contributed by atoms with Crippen LogP contribution in [0.4, 0.5) is 5.69 Å². The van der Waals surface area contributed by atoms with Crippen LogP contribution in [0.1, 0.15) is 12.0 Å². The van der Waals surface area contributed by atoms with Crippen LogP contribution in [0.5, 0.6) is 0 Å². The van der Waals surface area contributed by atoms with Crippen molar-refractivity contribution in [2.75, 3.05) is 4.90 Å². The Morgan fingerprint density at radius 2 is 1.70 bits per heavy atom. The maximum atomic E-state index is 12.7. The number of carbonyl (C=O) groups excluding carboxylic acids is 2. The smallest absolute Gasteiger partial charge is 0.238 e. The maximum absolute atomic E-state index is 12.7. The van der Waals surface area contributed by atoms with E-state index in [1.54, 1.807) is 0 Å². The predicted molar refractivity (Wildman–Crippen MR) is 84.1 cm³/mol. The topological polar surface area (TPSA) is 37.4 Å². The van der Waals surface area contributed by atoms with Crippen molar-refractivity contribution < 1.29 is 9.59 Å². The second-order valence-electron chi connectivity index (χ2n) is 5.94. The molecule has 4 atom stereocenters. The lowest BCUT2D eigenvalue weighted by Crippen LogP contribution is -2.33. The molecule has 0 radical (unpaired) electrons. The Balaban J connectivity index is 1.78. The normalized spacial score (nSPS) is 34.2. The molecule has 1 heterocycles. The fourth-order valence-electron chi connectivity index (χ4n) is 4.01. The number of hydrogen-bond acceptors (Lipinski definition) is 2. The lowest BCUT2D eigenvalue weighted by Gasteiger charge is -2.19. The Bertz CT molecular complexity index is 636. The third-order valence-corrected chi connectivity index (χ3v) is 5.54. The van der Waals surface area contributed by atoms with Gasteiger partial charge in [-0.25, -0.2) is 4.90 Å². The fraction of sp³-hybridized carbons (Fsp3) is 0.375. The van der Waals surface area contributed by atoms with Crippen LogP contribution in [0.15, 0.2) is 30.4 Å². The van der Waals surface area contributed by atoms with Gasteiger partial charge in [0.15, 0.2) is 0 Å². The average Bonchev–Trinajstić information content (AvgIpc) is 3.06. The van der Waals surface area contributed by atoms with Crippen molar-refractivity contribution in [2.24, 2.45) is 23.7 Å². The summed E-state index contributed by atoms with van der Waals surface area (Å²) in [4.78, 5) is 26.8. The summed E-state index contributed by atoms with van der Waals surface area (Å²) in [6.07, 6.45) is 5.23. The monoisotopic (exact) mass is 379 g/mol. The fourth-order valence-corrected chi connectivity index (χ4v) is 4.66. The number of fused-ring (bicyclic) bond motifs is 5. The van der Waals surface area contributed by atoms with Crippen molar-refractivity contribution in [3.63, 3.8) is 0 Å². The summed E-state index contributed by atoms with van der Waals surface area (Å²) in [7, 11) is 0. The SMILES string of the molecule is Cc1cc(I)ccc1N1C(=O)[C@@H]2[C@H](C1=O)[C@@H]1C=C[C@@H]2C1. The number of nitrogens with zero attached hydrogens (tertiary/aromatic N) is 1. The molecule has 3 nitrogen and oxygen atoms in total. The Hall–Kier alpha value is -1.17. The van der Waals surface area contributed by atoms with E-state index in [0.29, 0.717) is 0 Å². The summed E-state index contributed by atoms with van der Waals surface area (Å²) in [5.41, 5.74) is 1.74. The highest BCUT2D eigenvalue weighted by molar-refractivity contribution is 14.1. The van der Waals surface area contributed by atoms with E-state index in [1.807, 2.05) is 25.1 Å². The largest absolute Gasteiger partial charge is 0.274 e. The van der Waals surface area contributed by atoms with Crippen LogP contribution >= 0.6 is 22.6 Å². The van der Waals surface area contributed by atoms with E-state index < -0.39 is 0 Å². The number of amides is 2. The standard InChI is InChI=1S/C16H14INO2/c1-8-6-11(17)4-5-12(8)18-15(19)13-9-2-3-10(7-9)14(13)16(18)20/h2-6,9-10,13-14H,7H2,1H3/t9-,10-,13-,14+/m1/s1. The molecule has 1 aliphatic heterocycles. The van der Waals surface area contributed by atoms with Crippen molar-refractivity contribution in [1.29, 1.82) is 0 Å². The molecule has 0 unspecified atom stereocenters. The number of imide groups is 1. The molecule has 1 saturated heterocycles. The summed E-state index contributed by atoms with van der Waals surface area (Å²) in [5.74, 6) is 0.320. The molecule has 0 aromatic heterocycles. The third kappa shape index (κ3) is 1.51. The Kier molecular flexibility index (Phi) is 2.61. The van der Waals surface area contributed by atoms with Gasteiger partial charge in [-0.05, 0) is 71.5 Å². The number of hydrogen-bond donors (Lipinski definition) is 0. The molecule has 2 aliphatic carbocycles. The second kappa shape index (κ2) is 4.16. The molecule has 0 N–H and O–H groups in total. The van der Waals surface area contributed by atoms with Crippen LogP contribution in [0, 0.1) is 34.2 Å². The van der Waals surface area contributed by atoms with Crippen LogP contribution < -0.4 is 4.90 Å². The van der Waals surface area contributed by atoms with Gasteiger partial charge < -0.3 is 0 Å². The third-order valence-electron chi connectivity index (χ3n) is 4.87. The van der Waals surface area contributed by atoms with E-state index in [9.17, 15) is 9.59 Å². The zero-order valence-corrected chi connectivity index (χ0v) is 13.2. The summed E-state index contributed by atoms with van der Waals surface area (Å²) in [5, 5.41) is 0. The van der Waals surface area contributed by atoms with Crippen LogP contribution in [0.3, 0.4) is 0 Å². The first kappa shape index (κ1) is 12.6. The van der Waals surface area contributed by atoms with Crippen molar-refractivity contribution in [2.45, 2.75) is 13.3 Å². The molecule has 20 heavy (non-hydrogen) atoms. The molecule has 2 amide bonds. The van der Waals surface area contributed by atoms with Crippen molar-refractivity contribution >= 4 is 40.1 Å². The molecule has 4 rings (SSSR count). The number of carbonyl (C=O) groups is 2. The van der Waals surface area contributed by atoms with E-state index in [1.165, 1.54) is 4.90 Å². The molecule has 4 heteroatoms. The van der Waals surface area contributed by atoms with E-state index in [0.717, 1.165) is 21.2 Å². The average molecular weight is 379 g/mol. The first-order valence-corrected chi connectivity index (χ1v) is 7.98. The number of halogens is 1. The van der Waals surface area contributed by atoms with Crippen molar-refractivity contribution in [3.05, 3.63) is 39.5 Å². The Labute approximate surface area is 131 Å². The maximum Gasteiger partial charge on any atom is 0.238 e. The molecule has 1 aromatic carbocycles. The molecule has 3 aliphatic rings. The first-order valence-electron chi connectivity index (χ1n) is 6.90. The Morgan fingerprint density at radius 1 is 1.10 bits per heavy atom. The molecule has 0 spiro atoms. The molecule has 1 saturated carbocycles. The van der Waals surface area contributed by atoms with Gasteiger partial charge in [-0.1, -0.05) is 12.2 Å². The summed E-state index contributed by atoms with van der Waals surface area (Å²) >= 11 is 2.24. The summed E-state index contributed by atoms with van der Waals surface area (Å²) < 4.78 is 1.12. The number of benzene rings is 1. The van der Waals surface area contributed by atoms with Gasteiger partial charge in [0.2, 0.25) is 11.8 Å². The van der Waals surface area contributed by atoms with Gasteiger partial charge in [0.05, 0.1) is 17.5 Å². The molecular weight excluding hydrogens is 365 g/mol. The highest BCUT2D eigenvalue weighted by Crippen LogP contribution is 2.53. The quantitative estimate of drug-likeness (QED) is 0.428. The Morgan fingerprint density at radius 3 is 2.25 bits per heavy atom. The zero-order chi connectivity index (χ0) is 14.0. The highest BCUT2D eigenvalue weighted by atomic mass is 127. The first-order chi connectivity index (χ1) is 9.58. The molecule has 1 aromatic rings.